The third kappa shape index (κ3) is 3.52. The zero-order valence-corrected chi connectivity index (χ0v) is 13.2. The van der Waals surface area contributed by atoms with Gasteiger partial charge in [-0.2, -0.15) is 0 Å². The van der Waals surface area contributed by atoms with Crippen molar-refractivity contribution in [3.05, 3.63) is 28.2 Å². The molecule has 1 amide bonds. The number of aliphatic hydroxyl groups excluding tert-OH is 1. The number of amides is 1. The van der Waals surface area contributed by atoms with Gasteiger partial charge in [0.15, 0.2) is 0 Å². The number of rotatable bonds is 2. The molecule has 1 heterocycles. The Bertz CT molecular complexity index is 467. The number of carbonyl (C=O) groups excluding carboxylic acids is 1. The molecule has 1 N–H and O–H groups in total. The molecule has 1 aromatic carbocycles. The molecule has 1 aliphatic rings. The van der Waals surface area contributed by atoms with Crippen molar-refractivity contribution >= 4 is 34.5 Å². The third-order valence-corrected chi connectivity index (χ3v) is 4.50. The Balaban J connectivity index is 2.27. The Labute approximate surface area is 127 Å². The average molecular weight is 344 g/mol. The van der Waals surface area contributed by atoms with Gasteiger partial charge in [0.2, 0.25) is 0 Å². The molecule has 1 atom stereocenters. The molecule has 1 fully saturated rings. The molecule has 0 aromatic heterocycles. The maximum atomic E-state index is 12.6. The monoisotopic (exact) mass is 343 g/mol. The lowest BCUT2D eigenvalue weighted by atomic mass is 10.1. The molecular formula is C14H18BrNO2S. The molecule has 19 heavy (non-hydrogen) atoms. The fourth-order valence-electron chi connectivity index (χ4n) is 2.47. The molecule has 0 saturated carbocycles. The summed E-state index contributed by atoms with van der Waals surface area (Å²) >= 11 is 7.70. The van der Waals surface area contributed by atoms with Crippen molar-refractivity contribution in [1.82, 2.24) is 4.90 Å². The molecule has 1 aromatic rings. The summed E-state index contributed by atoms with van der Waals surface area (Å²) in [7, 11) is 0. The first-order valence-corrected chi connectivity index (χ1v) is 7.78. The molecule has 1 aliphatic heterocycles. The molecule has 0 radical (unpaired) electrons. The van der Waals surface area contributed by atoms with Crippen LogP contribution in [0.1, 0.15) is 36.0 Å². The largest absolute Gasteiger partial charge is 0.394 e. The van der Waals surface area contributed by atoms with Crippen LogP contribution in [0.3, 0.4) is 0 Å². The van der Waals surface area contributed by atoms with Gasteiger partial charge in [-0.25, -0.2) is 0 Å². The van der Waals surface area contributed by atoms with Gasteiger partial charge in [0.25, 0.3) is 5.91 Å². The van der Waals surface area contributed by atoms with E-state index in [-0.39, 0.29) is 18.6 Å². The molecular weight excluding hydrogens is 326 g/mol. The SMILES string of the molecule is O=C(c1cc(S)ccc1Br)N1CCCCCC1CO. The van der Waals surface area contributed by atoms with E-state index in [4.69, 9.17) is 0 Å². The molecule has 104 valence electrons. The van der Waals surface area contributed by atoms with Gasteiger partial charge >= 0.3 is 0 Å². The molecule has 0 aliphatic carbocycles. The van der Waals surface area contributed by atoms with Crippen molar-refractivity contribution in [3.8, 4) is 0 Å². The first kappa shape index (κ1) is 14.9. The fourth-order valence-corrected chi connectivity index (χ4v) is 3.09. The smallest absolute Gasteiger partial charge is 0.255 e. The van der Waals surface area contributed by atoms with E-state index in [1.165, 1.54) is 0 Å². The Morgan fingerprint density at radius 1 is 1.42 bits per heavy atom. The summed E-state index contributed by atoms with van der Waals surface area (Å²) in [6, 6.07) is 5.39. The number of hydrogen-bond acceptors (Lipinski definition) is 3. The lowest BCUT2D eigenvalue weighted by molar-refractivity contribution is 0.0598. The zero-order chi connectivity index (χ0) is 13.8. The average Bonchev–Trinajstić information content (AvgIpc) is 2.65. The van der Waals surface area contributed by atoms with Crippen molar-refractivity contribution in [2.24, 2.45) is 0 Å². The minimum absolute atomic E-state index is 0.0243. The van der Waals surface area contributed by atoms with Crippen LogP contribution in [0.15, 0.2) is 27.6 Å². The van der Waals surface area contributed by atoms with Gasteiger partial charge < -0.3 is 10.0 Å². The van der Waals surface area contributed by atoms with E-state index in [0.717, 1.165) is 35.1 Å². The van der Waals surface area contributed by atoms with Crippen LogP contribution in [-0.2, 0) is 0 Å². The molecule has 5 heteroatoms. The van der Waals surface area contributed by atoms with E-state index in [9.17, 15) is 9.90 Å². The second-order valence-corrected chi connectivity index (χ2v) is 6.22. The highest BCUT2D eigenvalue weighted by Crippen LogP contribution is 2.25. The van der Waals surface area contributed by atoms with Crippen LogP contribution in [0.2, 0.25) is 0 Å². The van der Waals surface area contributed by atoms with Crippen LogP contribution in [-0.4, -0.2) is 35.1 Å². The number of aliphatic hydroxyl groups is 1. The molecule has 0 bridgehead atoms. The number of likely N-dealkylation sites (tertiary alicyclic amines) is 1. The van der Waals surface area contributed by atoms with Gasteiger partial charge in [-0.1, -0.05) is 12.8 Å². The summed E-state index contributed by atoms with van der Waals surface area (Å²) in [4.78, 5) is 15.2. The quantitative estimate of drug-likeness (QED) is 0.810. The van der Waals surface area contributed by atoms with Crippen LogP contribution >= 0.6 is 28.6 Å². The second-order valence-electron chi connectivity index (χ2n) is 4.85. The van der Waals surface area contributed by atoms with Gasteiger partial charge in [0.1, 0.15) is 0 Å². The van der Waals surface area contributed by atoms with Gasteiger partial charge in [-0.05, 0) is 47.0 Å². The molecule has 1 saturated heterocycles. The van der Waals surface area contributed by atoms with E-state index in [2.05, 4.69) is 28.6 Å². The van der Waals surface area contributed by atoms with Gasteiger partial charge in [0, 0.05) is 15.9 Å². The van der Waals surface area contributed by atoms with Gasteiger partial charge in [0.05, 0.1) is 18.2 Å². The summed E-state index contributed by atoms with van der Waals surface area (Å²) in [5.74, 6) is -0.0243. The van der Waals surface area contributed by atoms with Crippen LogP contribution in [0.5, 0.6) is 0 Å². The Hall–Kier alpha value is -0.520. The first-order chi connectivity index (χ1) is 9.13. The zero-order valence-electron chi connectivity index (χ0n) is 10.7. The molecule has 0 spiro atoms. The topological polar surface area (TPSA) is 40.5 Å². The van der Waals surface area contributed by atoms with Crippen LogP contribution in [0, 0.1) is 0 Å². The minimum atomic E-state index is -0.0644. The predicted molar refractivity (Wildman–Crippen MR) is 81.8 cm³/mol. The Kier molecular flexibility index (Phi) is 5.30. The lowest BCUT2D eigenvalue weighted by Crippen LogP contribution is -2.42. The van der Waals surface area contributed by atoms with Crippen molar-refractivity contribution in [3.63, 3.8) is 0 Å². The van der Waals surface area contributed by atoms with Crippen molar-refractivity contribution in [2.75, 3.05) is 13.2 Å². The molecule has 3 nitrogen and oxygen atoms in total. The number of hydrogen-bond donors (Lipinski definition) is 2. The third-order valence-electron chi connectivity index (χ3n) is 3.53. The normalized spacial score (nSPS) is 20.2. The highest BCUT2D eigenvalue weighted by atomic mass is 79.9. The van der Waals surface area contributed by atoms with E-state index in [0.29, 0.717) is 12.1 Å². The number of carbonyl (C=O) groups is 1. The van der Waals surface area contributed by atoms with Crippen LogP contribution in [0.25, 0.3) is 0 Å². The predicted octanol–water partition coefficient (Wildman–Crippen LogP) is 3.11. The Morgan fingerprint density at radius 3 is 2.95 bits per heavy atom. The van der Waals surface area contributed by atoms with E-state index in [1.807, 2.05) is 12.1 Å². The fraction of sp³-hybridized carbons (Fsp3) is 0.500. The summed E-state index contributed by atoms with van der Waals surface area (Å²) in [6.07, 6.45) is 4.07. The van der Waals surface area contributed by atoms with Crippen LogP contribution in [0.4, 0.5) is 0 Å². The standard InChI is InChI=1S/C14H18BrNO2S/c15-13-6-5-11(19)8-12(13)14(18)16-7-3-1-2-4-10(16)9-17/h5-6,8,10,17,19H,1-4,7,9H2. The van der Waals surface area contributed by atoms with Gasteiger partial charge in [-0.15, -0.1) is 12.6 Å². The van der Waals surface area contributed by atoms with E-state index >= 15 is 0 Å². The number of nitrogens with zero attached hydrogens (tertiary/aromatic N) is 1. The summed E-state index contributed by atoms with van der Waals surface area (Å²) in [6.45, 7) is 0.747. The number of thiol groups is 1. The molecule has 2 rings (SSSR count). The summed E-state index contributed by atoms with van der Waals surface area (Å²) in [5, 5.41) is 9.49. The molecule has 1 unspecified atom stereocenters. The highest BCUT2D eigenvalue weighted by molar-refractivity contribution is 9.10. The van der Waals surface area contributed by atoms with Crippen molar-refractivity contribution in [2.45, 2.75) is 36.6 Å². The van der Waals surface area contributed by atoms with Crippen LogP contribution < -0.4 is 0 Å². The second kappa shape index (κ2) is 6.77. The first-order valence-electron chi connectivity index (χ1n) is 6.54. The Morgan fingerprint density at radius 2 is 2.21 bits per heavy atom. The van der Waals surface area contributed by atoms with E-state index < -0.39 is 0 Å². The lowest BCUT2D eigenvalue weighted by Gasteiger charge is -2.29. The van der Waals surface area contributed by atoms with Crippen molar-refractivity contribution < 1.29 is 9.90 Å². The van der Waals surface area contributed by atoms with Crippen molar-refractivity contribution in [1.29, 1.82) is 0 Å². The maximum absolute atomic E-state index is 12.6. The summed E-state index contributed by atoms with van der Waals surface area (Å²) < 4.78 is 0.774. The summed E-state index contributed by atoms with van der Waals surface area (Å²) in [5.41, 5.74) is 0.618. The minimum Gasteiger partial charge on any atom is -0.394 e. The van der Waals surface area contributed by atoms with E-state index in [1.54, 1.807) is 11.0 Å². The van der Waals surface area contributed by atoms with Gasteiger partial charge in [-0.3, -0.25) is 4.79 Å². The number of halogens is 1. The highest BCUT2D eigenvalue weighted by Gasteiger charge is 2.26. The number of benzene rings is 1. The maximum Gasteiger partial charge on any atom is 0.255 e.